The zero-order valence-corrected chi connectivity index (χ0v) is 30.3. The molecule has 16 heteroatoms. The van der Waals surface area contributed by atoms with Crippen LogP contribution >= 0.6 is 34.8 Å². The van der Waals surface area contributed by atoms with Gasteiger partial charge in [0.2, 0.25) is 11.6 Å². The van der Waals surface area contributed by atoms with Gasteiger partial charge in [-0.25, -0.2) is 18.0 Å². The molecule has 2 unspecified atom stereocenters. The van der Waals surface area contributed by atoms with Crippen molar-refractivity contribution in [2.45, 2.75) is 25.5 Å². The molecule has 0 aliphatic heterocycles. The molecule has 5 aromatic rings. The highest BCUT2D eigenvalue weighted by Gasteiger charge is 2.28. The lowest BCUT2D eigenvalue weighted by molar-refractivity contribution is 0.0811. The lowest BCUT2D eigenvalue weighted by atomic mass is 10.1. The van der Waals surface area contributed by atoms with Gasteiger partial charge >= 0.3 is 5.69 Å². The number of Topliss-reactive ketones (excluding diaryl/α,β-unsaturated/α-hetero) is 2. The summed E-state index contributed by atoms with van der Waals surface area (Å²) >= 11 is 17.1. The second-order valence-corrected chi connectivity index (χ2v) is 12.6. The minimum absolute atomic E-state index is 0.0337. The van der Waals surface area contributed by atoms with Crippen LogP contribution in [0.1, 0.15) is 58.7 Å². The van der Waals surface area contributed by atoms with E-state index in [4.69, 9.17) is 34.8 Å². The number of nitrogens with zero attached hydrogens (tertiary/aromatic N) is 2. The van der Waals surface area contributed by atoms with Gasteiger partial charge in [0.15, 0.2) is 23.3 Å². The number of nitrogens with one attached hydrogen (secondary N) is 3. The Labute approximate surface area is 315 Å². The summed E-state index contributed by atoms with van der Waals surface area (Å²) in [7, 11) is 1.37. The van der Waals surface area contributed by atoms with Crippen molar-refractivity contribution < 1.29 is 32.3 Å². The fourth-order valence-electron chi connectivity index (χ4n) is 4.71. The Morgan fingerprint density at radius 3 is 1.64 bits per heavy atom. The molecule has 0 saturated carbocycles. The summed E-state index contributed by atoms with van der Waals surface area (Å²) < 4.78 is 42.2. The Hall–Kier alpha value is -5.50. The SMILES string of the molecule is CNc1nc(=O)n(C(NC(=O)c2cccc(C)c2)C(=O)c2ccc(Cl)c(F)c2)cc1F.Cc1cccc(C(=O)NC(Cl)C(=O)c2ccc(Cl)c(F)c2)c1. The quantitative estimate of drug-likeness (QED) is 0.0767. The second kappa shape index (κ2) is 17.8. The molecular formula is C37H29Cl3F3N5O5. The van der Waals surface area contributed by atoms with Gasteiger partial charge in [-0.15, -0.1) is 0 Å². The maximum atomic E-state index is 14.3. The highest BCUT2D eigenvalue weighted by atomic mass is 35.5. The van der Waals surface area contributed by atoms with Gasteiger partial charge in [-0.05, 0) is 74.5 Å². The van der Waals surface area contributed by atoms with Crippen LogP contribution in [0.15, 0.2) is 95.9 Å². The molecule has 0 saturated heterocycles. The van der Waals surface area contributed by atoms with Crippen LogP contribution in [0.4, 0.5) is 19.0 Å². The molecule has 0 aliphatic rings. The highest BCUT2D eigenvalue weighted by molar-refractivity contribution is 6.35. The van der Waals surface area contributed by atoms with E-state index in [1.54, 1.807) is 43.3 Å². The molecular weight excluding hydrogens is 758 g/mol. The van der Waals surface area contributed by atoms with Crippen LogP contribution in [0.2, 0.25) is 10.0 Å². The van der Waals surface area contributed by atoms with E-state index in [9.17, 15) is 37.1 Å². The van der Waals surface area contributed by atoms with Crippen molar-refractivity contribution in [2.24, 2.45) is 0 Å². The number of aryl methyl sites for hydroxylation is 2. The maximum absolute atomic E-state index is 14.3. The van der Waals surface area contributed by atoms with Crippen LogP contribution in [-0.2, 0) is 0 Å². The molecule has 0 fully saturated rings. The zero-order valence-electron chi connectivity index (χ0n) is 28.0. The van der Waals surface area contributed by atoms with Crippen LogP contribution < -0.4 is 21.6 Å². The average molecular weight is 787 g/mol. The number of benzene rings is 4. The molecule has 274 valence electrons. The fraction of sp³-hybridized carbons (Fsp3) is 0.135. The molecule has 1 heterocycles. The largest absolute Gasteiger partial charge is 0.370 e. The summed E-state index contributed by atoms with van der Waals surface area (Å²) in [5.41, 5.74) is -0.137. The first-order valence-electron chi connectivity index (χ1n) is 15.4. The van der Waals surface area contributed by atoms with Gasteiger partial charge in [-0.2, -0.15) is 4.98 Å². The zero-order chi connectivity index (χ0) is 39.0. The van der Waals surface area contributed by atoms with Crippen molar-refractivity contribution in [1.29, 1.82) is 0 Å². The summed E-state index contributed by atoms with van der Waals surface area (Å²) in [6, 6.07) is 20.2. The lowest BCUT2D eigenvalue weighted by Crippen LogP contribution is -2.43. The molecule has 0 aliphatic carbocycles. The third-order valence-corrected chi connectivity index (χ3v) is 8.32. The molecule has 0 spiro atoms. The summed E-state index contributed by atoms with van der Waals surface area (Å²) in [4.78, 5) is 66.0. The van der Waals surface area contributed by atoms with Crippen molar-refractivity contribution in [3.05, 3.63) is 162 Å². The van der Waals surface area contributed by atoms with Gasteiger partial charge in [0.05, 0.1) is 16.2 Å². The number of amides is 2. The Kier molecular flexibility index (Phi) is 13.5. The first-order chi connectivity index (χ1) is 25.1. The molecule has 53 heavy (non-hydrogen) atoms. The van der Waals surface area contributed by atoms with Crippen LogP contribution in [0.3, 0.4) is 0 Å². The maximum Gasteiger partial charge on any atom is 0.351 e. The van der Waals surface area contributed by atoms with Gasteiger partial charge < -0.3 is 16.0 Å². The van der Waals surface area contributed by atoms with E-state index in [0.29, 0.717) is 10.1 Å². The van der Waals surface area contributed by atoms with Crippen molar-refractivity contribution >= 4 is 64.0 Å². The predicted molar refractivity (Wildman–Crippen MR) is 195 cm³/mol. The number of halogens is 6. The van der Waals surface area contributed by atoms with E-state index in [1.807, 2.05) is 13.0 Å². The highest BCUT2D eigenvalue weighted by Crippen LogP contribution is 2.21. The van der Waals surface area contributed by atoms with E-state index < -0.39 is 58.2 Å². The molecule has 5 rings (SSSR count). The third-order valence-electron chi connectivity index (χ3n) is 7.39. The summed E-state index contributed by atoms with van der Waals surface area (Å²) in [5.74, 6) is -5.48. The Morgan fingerprint density at radius 1 is 0.679 bits per heavy atom. The average Bonchev–Trinajstić information content (AvgIpc) is 3.13. The molecule has 10 nitrogen and oxygen atoms in total. The van der Waals surface area contributed by atoms with Crippen molar-refractivity contribution in [3.63, 3.8) is 0 Å². The van der Waals surface area contributed by atoms with Gasteiger partial charge in [-0.1, -0.05) is 70.2 Å². The molecule has 4 aromatic carbocycles. The molecule has 1 aromatic heterocycles. The van der Waals surface area contributed by atoms with Crippen LogP contribution in [-0.4, -0.2) is 45.5 Å². The van der Waals surface area contributed by atoms with Gasteiger partial charge in [0.25, 0.3) is 11.8 Å². The standard InChI is InChI=1S/C21H17ClF2N4O3.C16H12Cl2FNO2/c1-11-4-3-5-13(8-11)20(30)27-19(17(29)12-6-7-14(22)15(23)9-12)28-10-16(24)18(25-2)26-21(28)31;1-9-3-2-4-11(7-9)16(22)20-15(18)14(21)10-5-6-12(17)13(19)8-10/h3-10,19H,1-2H3,(H,27,30)(H,25,26,31);2-8,15H,1H3,(H,20,22). The topological polar surface area (TPSA) is 139 Å². The van der Waals surface area contributed by atoms with Crippen LogP contribution in [0.25, 0.3) is 0 Å². The summed E-state index contributed by atoms with van der Waals surface area (Å²) in [6.07, 6.45) is -0.944. The summed E-state index contributed by atoms with van der Waals surface area (Å²) in [5, 5.41) is 6.90. The Morgan fingerprint density at radius 2 is 1.17 bits per heavy atom. The van der Waals surface area contributed by atoms with E-state index in [1.165, 1.54) is 31.3 Å². The number of carbonyl (C=O) groups is 4. The minimum Gasteiger partial charge on any atom is -0.370 e. The van der Waals surface area contributed by atoms with E-state index in [0.717, 1.165) is 35.5 Å². The van der Waals surface area contributed by atoms with E-state index in [-0.39, 0.29) is 32.6 Å². The Balaban J connectivity index is 0.000000251. The second-order valence-electron chi connectivity index (χ2n) is 11.3. The lowest BCUT2D eigenvalue weighted by Gasteiger charge is -2.20. The van der Waals surface area contributed by atoms with Gasteiger partial charge in [0, 0.05) is 29.3 Å². The van der Waals surface area contributed by atoms with E-state index in [2.05, 4.69) is 20.9 Å². The number of ketones is 2. The molecule has 2 atom stereocenters. The number of anilines is 1. The van der Waals surface area contributed by atoms with Crippen LogP contribution in [0, 0.1) is 31.3 Å². The smallest absolute Gasteiger partial charge is 0.351 e. The third kappa shape index (κ3) is 10.3. The Bertz CT molecular complexity index is 2270. The fourth-order valence-corrected chi connectivity index (χ4v) is 5.17. The first kappa shape index (κ1) is 40.3. The first-order valence-corrected chi connectivity index (χ1v) is 16.6. The number of carbonyl (C=O) groups excluding carboxylic acids is 4. The number of aromatic nitrogens is 2. The normalized spacial score (nSPS) is 11.7. The van der Waals surface area contributed by atoms with Gasteiger partial charge in [-0.3, -0.25) is 23.7 Å². The van der Waals surface area contributed by atoms with Gasteiger partial charge in [0.1, 0.15) is 11.6 Å². The molecule has 0 bridgehead atoms. The van der Waals surface area contributed by atoms with Crippen molar-refractivity contribution in [3.8, 4) is 0 Å². The molecule has 3 N–H and O–H groups in total. The number of rotatable bonds is 10. The molecule has 0 radical (unpaired) electrons. The number of alkyl halides is 1. The van der Waals surface area contributed by atoms with E-state index >= 15 is 0 Å². The predicted octanol–water partition coefficient (Wildman–Crippen LogP) is 7.30. The van der Waals surface area contributed by atoms with Crippen molar-refractivity contribution in [1.82, 2.24) is 20.2 Å². The number of hydrogen-bond acceptors (Lipinski definition) is 7. The number of hydrogen-bond donors (Lipinski definition) is 3. The molecule has 2 amide bonds. The van der Waals surface area contributed by atoms with Crippen molar-refractivity contribution in [2.75, 3.05) is 12.4 Å². The van der Waals surface area contributed by atoms with Crippen LogP contribution in [0.5, 0.6) is 0 Å². The minimum atomic E-state index is -1.69. The monoisotopic (exact) mass is 785 g/mol. The summed E-state index contributed by atoms with van der Waals surface area (Å²) in [6.45, 7) is 3.62.